The van der Waals surface area contributed by atoms with Crippen LogP contribution < -0.4 is 9.44 Å². The van der Waals surface area contributed by atoms with E-state index >= 15 is 0 Å². The first-order chi connectivity index (χ1) is 19.6. The van der Waals surface area contributed by atoms with E-state index in [0.717, 1.165) is 23.6 Å². The highest BCUT2D eigenvalue weighted by Gasteiger charge is 2.36. The van der Waals surface area contributed by atoms with E-state index < -0.39 is 60.6 Å². The smallest absolute Gasteiger partial charge is 0.337 e. The Morgan fingerprint density at radius 2 is 1.83 bits per heavy atom. The Balaban J connectivity index is 1.34. The standard InChI is InChI=1S/C25H28ClF3N4O6S3/c26-22-9-8-19(40-22)10-13-41(36,37)31-21-7-3-11-32(24(21)35)16-23(34)33-12-2-5-18(33)15-30-42(38,39)20-6-1-4-17(14-20)25(27,28)29/h1,4,6,8-10,13-14,18,21,30-31H,2-3,5,7,11-12,15-16H2/b13-10+/t18-,21+/m1/s1. The van der Waals surface area contributed by atoms with Gasteiger partial charge in [-0.1, -0.05) is 17.7 Å². The van der Waals surface area contributed by atoms with Crippen molar-refractivity contribution in [1.82, 2.24) is 19.2 Å². The van der Waals surface area contributed by atoms with E-state index in [0.29, 0.717) is 41.1 Å². The monoisotopic (exact) mass is 668 g/mol. The van der Waals surface area contributed by atoms with E-state index in [1.807, 2.05) is 0 Å². The maximum absolute atomic E-state index is 13.1. The van der Waals surface area contributed by atoms with Gasteiger partial charge in [-0.3, -0.25) is 9.59 Å². The van der Waals surface area contributed by atoms with Crippen molar-refractivity contribution < 1.29 is 39.6 Å². The molecular formula is C25H28ClF3N4O6S3. The summed E-state index contributed by atoms with van der Waals surface area (Å²) in [5.74, 6) is -0.992. The van der Waals surface area contributed by atoms with Crippen LogP contribution in [0.3, 0.4) is 0 Å². The second-order valence-corrected chi connectivity index (χ2v) is 14.9. The number of hydrogen-bond donors (Lipinski definition) is 2. The third-order valence-corrected chi connectivity index (χ3v) is 10.6. The molecule has 42 heavy (non-hydrogen) atoms. The summed E-state index contributed by atoms with van der Waals surface area (Å²) in [4.78, 5) is 29.0. The van der Waals surface area contributed by atoms with Gasteiger partial charge >= 0.3 is 6.18 Å². The molecule has 2 aliphatic heterocycles. The predicted molar refractivity (Wildman–Crippen MR) is 151 cm³/mol. The zero-order valence-corrected chi connectivity index (χ0v) is 25.2. The van der Waals surface area contributed by atoms with Gasteiger partial charge in [0.2, 0.25) is 31.9 Å². The number of benzene rings is 1. The Bertz CT molecular complexity index is 1560. The predicted octanol–water partition coefficient (Wildman–Crippen LogP) is 3.27. The molecule has 0 spiro atoms. The van der Waals surface area contributed by atoms with Crippen molar-refractivity contribution in [2.45, 2.75) is 48.8 Å². The normalized spacial score (nSPS) is 20.5. The van der Waals surface area contributed by atoms with Crippen molar-refractivity contribution in [1.29, 1.82) is 0 Å². The number of carbonyl (C=O) groups is 2. The zero-order valence-electron chi connectivity index (χ0n) is 22.0. The summed E-state index contributed by atoms with van der Waals surface area (Å²) in [5.41, 5.74) is -1.10. The molecule has 0 saturated carbocycles. The van der Waals surface area contributed by atoms with Gasteiger partial charge in [0.1, 0.15) is 6.04 Å². The number of carbonyl (C=O) groups excluding carboxylic acids is 2. The molecule has 2 atom stereocenters. The molecule has 3 heterocycles. The van der Waals surface area contributed by atoms with Crippen molar-refractivity contribution in [3.8, 4) is 0 Å². The topological polar surface area (TPSA) is 133 Å². The molecule has 0 unspecified atom stereocenters. The fourth-order valence-corrected chi connectivity index (χ4v) is 7.97. The first-order valence-corrected chi connectivity index (χ1v) is 17.1. The Morgan fingerprint density at radius 1 is 1.10 bits per heavy atom. The molecule has 2 fully saturated rings. The molecule has 230 valence electrons. The highest BCUT2D eigenvalue weighted by molar-refractivity contribution is 7.92. The SMILES string of the molecule is O=C1[C@@H](NS(=O)(=O)/C=C/c2ccc(Cl)s2)CCCN1CC(=O)N1CCC[C@@H]1CNS(=O)(=O)c1cccc(C(F)(F)F)c1. The summed E-state index contributed by atoms with van der Waals surface area (Å²) >= 11 is 7.04. The lowest BCUT2D eigenvalue weighted by Crippen LogP contribution is -2.55. The molecule has 0 aliphatic carbocycles. The summed E-state index contributed by atoms with van der Waals surface area (Å²) in [6, 6.07) is 5.02. The van der Waals surface area contributed by atoms with Crippen LogP contribution in [0.4, 0.5) is 13.2 Å². The number of sulfonamides is 2. The third kappa shape index (κ3) is 8.32. The Labute approximate surface area is 250 Å². The number of piperidine rings is 1. The largest absolute Gasteiger partial charge is 0.416 e. The molecular weight excluding hydrogens is 641 g/mol. The second-order valence-electron chi connectivity index (χ2n) is 9.82. The zero-order chi connectivity index (χ0) is 30.7. The maximum Gasteiger partial charge on any atom is 0.416 e. The van der Waals surface area contributed by atoms with E-state index in [1.165, 1.54) is 27.2 Å². The average molecular weight is 669 g/mol. The van der Waals surface area contributed by atoms with Crippen molar-refractivity contribution in [2.75, 3.05) is 26.2 Å². The minimum atomic E-state index is -4.71. The summed E-state index contributed by atoms with van der Waals surface area (Å²) in [6.07, 6.45) is -1.61. The number of nitrogens with one attached hydrogen (secondary N) is 2. The van der Waals surface area contributed by atoms with E-state index in [-0.39, 0.29) is 26.1 Å². The van der Waals surface area contributed by atoms with Gasteiger partial charge in [0, 0.05) is 36.0 Å². The molecule has 2 saturated heterocycles. The molecule has 0 radical (unpaired) electrons. The lowest BCUT2D eigenvalue weighted by molar-refractivity contribution is -0.143. The maximum atomic E-state index is 13.1. The third-order valence-electron chi connectivity index (χ3n) is 6.85. The number of hydrogen-bond acceptors (Lipinski definition) is 7. The number of rotatable bonds is 10. The summed E-state index contributed by atoms with van der Waals surface area (Å²) in [7, 11) is -8.26. The molecule has 2 amide bonds. The van der Waals surface area contributed by atoms with Gasteiger partial charge in [-0.15, -0.1) is 11.3 Å². The number of likely N-dealkylation sites (tertiary alicyclic amines) is 2. The van der Waals surface area contributed by atoms with Crippen LogP contribution in [0.1, 0.15) is 36.1 Å². The number of halogens is 4. The van der Waals surface area contributed by atoms with Crippen LogP contribution in [0.15, 0.2) is 46.7 Å². The number of amides is 2. The Morgan fingerprint density at radius 3 is 2.52 bits per heavy atom. The molecule has 1 aromatic carbocycles. The van der Waals surface area contributed by atoms with Crippen LogP contribution in [0, 0.1) is 0 Å². The molecule has 2 aliphatic rings. The molecule has 2 N–H and O–H groups in total. The van der Waals surface area contributed by atoms with Crippen LogP contribution in [-0.4, -0.2) is 76.7 Å². The van der Waals surface area contributed by atoms with Crippen molar-refractivity contribution in [3.63, 3.8) is 0 Å². The van der Waals surface area contributed by atoms with Crippen molar-refractivity contribution >= 4 is 60.9 Å². The van der Waals surface area contributed by atoms with Gasteiger partial charge in [-0.2, -0.15) is 17.9 Å². The highest BCUT2D eigenvalue weighted by atomic mass is 35.5. The van der Waals surface area contributed by atoms with Gasteiger partial charge in [0.15, 0.2) is 0 Å². The summed E-state index contributed by atoms with van der Waals surface area (Å²) < 4.78 is 94.7. The Kier molecular flexibility index (Phi) is 10.0. The number of nitrogens with zero attached hydrogens (tertiary/aromatic N) is 2. The van der Waals surface area contributed by atoms with E-state index in [2.05, 4.69) is 9.44 Å². The van der Waals surface area contributed by atoms with Gasteiger partial charge in [0.25, 0.3) is 0 Å². The minimum Gasteiger partial charge on any atom is -0.337 e. The van der Waals surface area contributed by atoms with Crippen LogP contribution in [0.2, 0.25) is 4.34 Å². The minimum absolute atomic E-state index is 0.220. The summed E-state index contributed by atoms with van der Waals surface area (Å²) in [6.45, 7) is 0.0113. The molecule has 4 rings (SSSR count). The van der Waals surface area contributed by atoms with Crippen molar-refractivity contribution in [2.24, 2.45) is 0 Å². The molecule has 10 nitrogen and oxygen atoms in total. The first kappa shape index (κ1) is 32.4. The molecule has 2 aromatic rings. The average Bonchev–Trinajstić information content (AvgIpc) is 3.57. The summed E-state index contributed by atoms with van der Waals surface area (Å²) in [5, 5.41) is 0.946. The lowest BCUT2D eigenvalue weighted by Gasteiger charge is -2.34. The van der Waals surface area contributed by atoms with E-state index in [1.54, 1.807) is 12.1 Å². The van der Waals surface area contributed by atoms with Gasteiger partial charge < -0.3 is 9.80 Å². The van der Waals surface area contributed by atoms with Crippen LogP contribution in [0.5, 0.6) is 0 Å². The van der Waals surface area contributed by atoms with E-state index in [4.69, 9.17) is 11.6 Å². The van der Waals surface area contributed by atoms with Gasteiger partial charge in [-0.05, 0) is 62.1 Å². The van der Waals surface area contributed by atoms with E-state index in [9.17, 15) is 39.6 Å². The second kappa shape index (κ2) is 13.0. The van der Waals surface area contributed by atoms with Crippen molar-refractivity contribution in [3.05, 3.63) is 56.6 Å². The van der Waals surface area contributed by atoms with Crippen LogP contribution in [-0.2, 0) is 35.8 Å². The van der Waals surface area contributed by atoms with Gasteiger partial charge in [-0.25, -0.2) is 21.6 Å². The molecule has 1 aromatic heterocycles. The van der Waals surface area contributed by atoms with Crippen LogP contribution >= 0.6 is 22.9 Å². The lowest BCUT2D eigenvalue weighted by atomic mass is 10.1. The molecule has 17 heteroatoms. The quantitative estimate of drug-likeness (QED) is 0.400. The Hall–Kier alpha value is -2.50. The fourth-order valence-electron chi connectivity index (χ4n) is 4.78. The molecule has 0 bridgehead atoms. The number of thiophene rings is 1. The first-order valence-electron chi connectivity index (χ1n) is 12.9. The highest BCUT2D eigenvalue weighted by Crippen LogP contribution is 2.30. The fraction of sp³-hybridized carbons (Fsp3) is 0.440. The number of alkyl halides is 3. The van der Waals surface area contributed by atoms with Gasteiger partial charge in [0.05, 0.1) is 21.3 Å². The van der Waals surface area contributed by atoms with Crippen LogP contribution in [0.25, 0.3) is 6.08 Å².